The monoisotopic (exact) mass is 1260 g/mol. The topological polar surface area (TPSA) is 538 Å². The molecule has 0 unspecified atom stereocenters. The molecular formula is C44H53N16Na3O16S4. The summed E-state index contributed by atoms with van der Waals surface area (Å²) in [4.78, 5) is 105. The van der Waals surface area contributed by atoms with Gasteiger partial charge in [0.2, 0.25) is 11.9 Å². The van der Waals surface area contributed by atoms with E-state index in [1.54, 1.807) is 36.7 Å². The van der Waals surface area contributed by atoms with Gasteiger partial charge in [-0.15, -0.1) is 0 Å². The number of benzene rings is 2. The molecule has 0 saturated carbocycles. The second kappa shape index (κ2) is 37.0. The summed E-state index contributed by atoms with van der Waals surface area (Å²) in [6, 6.07) is 10.2. The molecule has 0 fully saturated rings. The number of amides is 2. The van der Waals surface area contributed by atoms with Crippen molar-refractivity contribution >= 4 is 138 Å². The number of hydrogen-bond donors (Lipinski definition) is 11. The van der Waals surface area contributed by atoms with Gasteiger partial charge in [-0.05, 0) is 67.8 Å². The Labute approximate surface area is 551 Å². The van der Waals surface area contributed by atoms with E-state index in [2.05, 4.69) is 75.8 Å². The number of anilines is 6. The second-order valence-electron chi connectivity index (χ2n) is 16.3. The average molecular weight is 1260 g/mol. The van der Waals surface area contributed by atoms with Gasteiger partial charge in [0, 0.05) is 72.0 Å². The first-order chi connectivity index (χ1) is 37.4. The molecule has 0 aliphatic heterocycles. The number of carbonyl (C=O) groups is 6. The van der Waals surface area contributed by atoms with E-state index in [4.69, 9.17) is 33.1 Å². The SMILES string of the molecule is CN(Cc1cnc2nc(N)nc(N)c2n1)c1ccc(C(=O)N[C@@H](CCC(=O)O)C(=O)O)cc1.CN(Cc1cnc2nc(N)nc(N)c2n1)c1ccc(C(=O)N[C@@H](CCC(=O)[O-])C(=O)O)cc1.O=S(=O)([O-])CCS.O=S(=O)([O-])CCS.[Na+].[Na+].[Na+]. The molecule has 0 saturated heterocycles. The summed E-state index contributed by atoms with van der Waals surface area (Å²) in [5.74, 6) is -6.67. The van der Waals surface area contributed by atoms with Crippen LogP contribution in [0.25, 0.3) is 22.3 Å². The first kappa shape index (κ1) is 77.4. The Hall–Kier alpha value is -5.58. The Balaban J connectivity index is 0.00000128. The first-order valence-electron chi connectivity index (χ1n) is 22.7. The average Bonchev–Trinajstić information content (AvgIpc) is 3.38. The third kappa shape index (κ3) is 28.2. The third-order valence-corrected chi connectivity index (χ3v) is 12.6. The minimum absolute atomic E-state index is 0. The molecule has 2 atom stereocenters. The van der Waals surface area contributed by atoms with Crippen LogP contribution in [0.4, 0.5) is 34.9 Å². The Bertz CT molecular complexity index is 3180. The minimum Gasteiger partial charge on any atom is -0.748 e. The van der Waals surface area contributed by atoms with Gasteiger partial charge >= 0.3 is 107 Å². The number of nitrogen functional groups attached to an aromatic ring is 4. The van der Waals surface area contributed by atoms with Gasteiger partial charge < -0.3 is 77.7 Å². The standard InChI is InChI=1S/2C20H22N8O5.2C2H6O3S2.3Na/c2*1-28(9-11-8-23-17-15(24-11)16(21)26-20(22)27-17)12-4-2-10(3-5-12)18(31)25-13(19(32)33)6-7-14(29)30;2*3-7(4,5)2-1-6;;;/h2*2-5,8,13H,6-7,9H2,1H3,(H,25,31)(H,29,30)(H,32,33)(H4,21,22,23,26,27);2*6H,1-2H2,(H,3,4,5);;;/q;;;;3*+1/p-3/t2*13-;;;;;/m00...../s1. The van der Waals surface area contributed by atoms with Crippen molar-refractivity contribution in [3.63, 3.8) is 0 Å². The van der Waals surface area contributed by atoms with Crippen molar-refractivity contribution in [2.75, 3.05) is 69.8 Å². The molecule has 6 aromatic rings. The van der Waals surface area contributed by atoms with Crippen LogP contribution >= 0.6 is 25.3 Å². The molecule has 83 heavy (non-hydrogen) atoms. The van der Waals surface area contributed by atoms with Crippen molar-refractivity contribution in [1.29, 1.82) is 0 Å². The molecule has 13 N–H and O–H groups in total. The van der Waals surface area contributed by atoms with Gasteiger partial charge in [-0.3, -0.25) is 14.4 Å². The number of aliphatic carboxylic acids is 4. The number of carbonyl (C=O) groups excluding carboxylic acids is 3. The van der Waals surface area contributed by atoms with Gasteiger partial charge in [0.1, 0.15) is 12.1 Å². The molecule has 0 radical (unpaired) electrons. The van der Waals surface area contributed by atoms with Gasteiger partial charge in [-0.1, -0.05) is 0 Å². The first-order valence-corrected chi connectivity index (χ1v) is 27.1. The molecule has 6 rings (SSSR count). The zero-order valence-corrected chi connectivity index (χ0v) is 54.6. The fraction of sp³-hybridized carbons (Fsp3) is 0.318. The van der Waals surface area contributed by atoms with Gasteiger partial charge in [0.05, 0.1) is 57.1 Å². The zero-order valence-electron chi connectivity index (χ0n) is 45.1. The number of nitrogens with zero attached hydrogens (tertiary/aromatic N) is 10. The van der Waals surface area contributed by atoms with E-state index < -0.39 is 74.4 Å². The van der Waals surface area contributed by atoms with E-state index in [9.17, 15) is 64.9 Å². The Morgan fingerprint density at radius 2 is 0.916 bits per heavy atom. The van der Waals surface area contributed by atoms with Gasteiger partial charge in [-0.2, -0.15) is 45.2 Å². The van der Waals surface area contributed by atoms with E-state index in [1.165, 1.54) is 24.3 Å². The number of fused-ring (bicyclic) bond motifs is 2. The van der Waals surface area contributed by atoms with E-state index in [0.29, 0.717) is 46.8 Å². The molecule has 0 bridgehead atoms. The number of carboxylic acids is 4. The van der Waals surface area contributed by atoms with Crippen LogP contribution in [0.1, 0.15) is 57.8 Å². The summed E-state index contributed by atoms with van der Waals surface area (Å²) in [5, 5.41) is 42.3. The van der Waals surface area contributed by atoms with Crippen LogP contribution in [0.2, 0.25) is 0 Å². The van der Waals surface area contributed by atoms with Crippen LogP contribution in [0, 0.1) is 0 Å². The summed E-state index contributed by atoms with van der Waals surface area (Å²) >= 11 is 7.07. The van der Waals surface area contributed by atoms with E-state index in [1.807, 2.05) is 23.9 Å². The number of rotatable bonds is 22. The predicted molar refractivity (Wildman–Crippen MR) is 291 cm³/mol. The maximum absolute atomic E-state index is 12.4. The van der Waals surface area contributed by atoms with Crippen molar-refractivity contribution in [3.8, 4) is 0 Å². The number of thiol groups is 2. The van der Waals surface area contributed by atoms with Crippen LogP contribution in [-0.4, -0.2) is 166 Å². The fourth-order valence-corrected chi connectivity index (χ4v) is 8.06. The van der Waals surface area contributed by atoms with Gasteiger partial charge in [0.25, 0.3) is 11.8 Å². The number of carboxylic acid groups (broad SMARTS) is 4. The van der Waals surface area contributed by atoms with Crippen LogP contribution in [0.5, 0.6) is 0 Å². The van der Waals surface area contributed by atoms with Crippen molar-refractivity contribution in [3.05, 3.63) is 83.4 Å². The zero-order chi connectivity index (χ0) is 60.1. The molecule has 2 amide bonds. The number of hydrogen-bond acceptors (Lipinski definition) is 29. The predicted octanol–water partition coefficient (Wildman–Crippen LogP) is -10.9. The molecule has 2 aromatic carbocycles. The van der Waals surface area contributed by atoms with Gasteiger partial charge in [-0.25, -0.2) is 46.4 Å². The molecule has 0 aliphatic carbocycles. The molecule has 4 aromatic heterocycles. The van der Waals surface area contributed by atoms with Gasteiger partial charge in [0.15, 0.2) is 34.0 Å². The molecule has 39 heteroatoms. The summed E-state index contributed by atoms with van der Waals surface area (Å²) in [7, 11) is -4.38. The number of nitrogens with two attached hydrogens (primary N) is 4. The van der Waals surface area contributed by atoms with Crippen molar-refractivity contribution in [1.82, 2.24) is 50.5 Å². The molecule has 32 nitrogen and oxygen atoms in total. The molecular weight excluding hydrogens is 1210 g/mol. The maximum atomic E-state index is 12.4. The van der Waals surface area contributed by atoms with Crippen LogP contribution in [0.3, 0.4) is 0 Å². The fourth-order valence-electron chi connectivity index (χ4n) is 6.27. The quantitative estimate of drug-likeness (QED) is 0.0171. The number of aromatic nitrogens is 8. The Morgan fingerprint density at radius 1 is 0.578 bits per heavy atom. The summed E-state index contributed by atoms with van der Waals surface area (Å²) < 4.78 is 57.8. The largest absolute Gasteiger partial charge is 1.00 e. The van der Waals surface area contributed by atoms with E-state index >= 15 is 0 Å². The smallest absolute Gasteiger partial charge is 0.748 e. The molecule has 4 heterocycles. The molecule has 432 valence electrons. The summed E-state index contributed by atoms with van der Waals surface area (Å²) in [6.07, 6.45) is 1.75. The second-order valence-corrected chi connectivity index (χ2v) is 20.3. The molecule has 0 spiro atoms. The summed E-state index contributed by atoms with van der Waals surface area (Å²) in [5.41, 5.74) is 27.3. The van der Waals surface area contributed by atoms with Crippen LogP contribution in [-0.2, 0) is 52.5 Å². The van der Waals surface area contributed by atoms with Crippen molar-refractivity contribution in [2.24, 2.45) is 0 Å². The van der Waals surface area contributed by atoms with Crippen LogP contribution < -0.4 is 137 Å². The maximum Gasteiger partial charge on any atom is 1.00 e. The Kier molecular flexibility index (Phi) is 34.5. The van der Waals surface area contributed by atoms with E-state index in [0.717, 1.165) is 11.4 Å². The molecule has 0 aliphatic rings. The van der Waals surface area contributed by atoms with Crippen molar-refractivity contribution in [2.45, 2.75) is 50.9 Å². The normalized spacial score (nSPS) is 11.3. The van der Waals surface area contributed by atoms with Crippen LogP contribution in [0.15, 0.2) is 60.9 Å². The Morgan fingerprint density at radius 3 is 1.19 bits per heavy atom. The van der Waals surface area contributed by atoms with E-state index in [-0.39, 0.29) is 166 Å². The van der Waals surface area contributed by atoms with Crippen molar-refractivity contribution < 1.29 is 164 Å². The third-order valence-electron chi connectivity index (χ3n) is 10.1. The summed E-state index contributed by atoms with van der Waals surface area (Å²) in [6.45, 7) is 0.733. The minimum atomic E-state index is -4.00. The number of nitrogens with one attached hydrogen (secondary N) is 2.